The number of para-hydroxylation sites is 1. The van der Waals surface area contributed by atoms with Crippen molar-refractivity contribution in [3.05, 3.63) is 55.1 Å². The predicted molar refractivity (Wildman–Crippen MR) is 92.9 cm³/mol. The van der Waals surface area contributed by atoms with Gasteiger partial charge in [0.25, 0.3) is 0 Å². The molecule has 2 bridgehead atoms. The molecule has 1 aromatic rings. The van der Waals surface area contributed by atoms with Gasteiger partial charge in [0, 0.05) is 5.69 Å². The van der Waals surface area contributed by atoms with E-state index in [1.807, 2.05) is 42.5 Å². The van der Waals surface area contributed by atoms with E-state index in [0.29, 0.717) is 6.42 Å². The summed E-state index contributed by atoms with van der Waals surface area (Å²) in [5.41, 5.74) is 0.0228. The fourth-order valence-corrected chi connectivity index (χ4v) is 4.50. The van der Waals surface area contributed by atoms with Gasteiger partial charge >= 0.3 is 5.97 Å². The lowest BCUT2D eigenvalue weighted by Crippen LogP contribution is -2.45. The third-order valence-corrected chi connectivity index (χ3v) is 5.40. The maximum absolute atomic E-state index is 13.3. The van der Waals surface area contributed by atoms with Crippen LogP contribution in [0.5, 0.6) is 0 Å². The van der Waals surface area contributed by atoms with E-state index >= 15 is 0 Å². The second-order valence-corrected chi connectivity index (χ2v) is 6.63. The molecule has 1 spiro atoms. The van der Waals surface area contributed by atoms with Crippen LogP contribution < -0.4 is 4.90 Å². The maximum atomic E-state index is 13.3. The fraction of sp³-hybridized carbons (Fsp3) is 0.400. The van der Waals surface area contributed by atoms with Gasteiger partial charge in [-0.3, -0.25) is 9.59 Å². The summed E-state index contributed by atoms with van der Waals surface area (Å²) in [6, 6.07) is 9.30. The van der Waals surface area contributed by atoms with E-state index in [-0.39, 0.29) is 24.5 Å². The Hall–Kier alpha value is -2.40. The van der Waals surface area contributed by atoms with Crippen LogP contribution in [0.2, 0.25) is 0 Å². The Bertz CT molecular complexity index is 743. The standard InChI is InChI=1S/C20H21NO4/c1-3-8-15-20-12-11-14(25-20)16(19(23)24-4-2)17(20)18(22)21(15)13-9-6-5-7-10-13/h3,5-7,9-12,14-17H,1,4,8H2,2H3/t14-,15+,16+,17-,20-/m1/s1. The summed E-state index contributed by atoms with van der Waals surface area (Å²) in [6.07, 6.45) is 5.86. The number of rotatable bonds is 5. The van der Waals surface area contributed by atoms with Crippen LogP contribution in [-0.4, -0.2) is 36.2 Å². The van der Waals surface area contributed by atoms with Crippen LogP contribution in [0.1, 0.15) is 13.3 Å². The molecule has 0 unspecified atom stereocenters. The first kappa shape index (κ1) is 16.1. The molecule has 5 nitrogen and oxygen atoms in total. The van der Waals surface area contributed by atoms with Gasteiger partial charge in [-0.25, -0.2) is 0 Å². The van der Waals surface area contributed by atoms with Gasteiger partial charge in [-0.05, 0) is 25.5 Å². The van der Waals surface area contributed by atoms with Gasteiger partial charge in [0.1, 0.15) is 11.5 Å². The number of ether oxygens (including phenoxy) is 2. The first-order valence-electron chi connectivity index (χ1n) is 8.67. The zero-order valence-electron chi connectivity index (χ0n) is 14.1. The van der Waals surface area contributed by atoms with Gasteiger partial charge in [0.2, 0.25) is 5.91 Å². The van der Waals surface area contributed by atoms with Gasteiger partial charge < -0.3 is 14.4 Å². The molecule has 0 aromatic heterocycles. The molecule has 2 fully saturated rings. The Morgan fingerprint density at radius 2 is 2.16 bits per heavy atom. The van der Waals surface area contributed by atoms with Crippen LogP contribution in [0.15, 0.2) is 55.1 Å². The molecule has 25 heavy (non-hydrogen) atoms. The highest BCUT2D eigenvalue weighted by atomic mass is 16.6. The van der Waals surface area contributed by atoms with Crippen LogP contribution in [0.25, 0.3) is 0 Å². The molecule has 1 amide bonds. The van der Waals surface area contributed by atoms with Crippen LogP contribution in [0, 0.1) is 11.8 Å². The Balaban J connectivity index is 1.79. The minimum Gasteiger partial charge on any atom is -0.466 e. The average Bonchev–Trinajstić information content (AvgIpc) is 3.25. The van der Waals surface area contributed by atoms with E-state index in [9.17, 15) is 9.59 Å². The van der Waals surface area contributed by atoms with Gasteiger partial charge in [0.05, 0.1) is 24.7 Å². The Labute approximate surface area is 146 Å². The van der Waals surface area contributed by atoms with Crippen LogP contribution in [0.3, 0.4) is 0 Å². The second-order valence-electron chi connectivity index (χ2n) is 6.63. The van der Waals surface area contributed by atoms with Crippen LogP contribution in [0.4, 0.5) is 5.69 Å². The van der Waals surface area contributed by atoms with Gasteiger partial charge in [-0.2, -0.15) is 0 Å². The van der Waals surface area contributed by atoms with Crippen molar-refractivity contribution in [2.45, 2.75) is 31.1 Å². The molecule has 5 heteroatoms. The molecule has 0 saturated carbocycles. The summed E-state index contributed by atoms with van der Waals surface area (Å²) in [6.45, 7) is 5.90. The maximum Gasteiger partial charge on any atom is 0.312 e. The molecule has 4 rings (SSSR count). The van der Waals surface area contributed by atoms with Crippen molar-refractivity contribution in [1.29, 1.82) is 0 Å². The highest BCUT2D eigenvalue weighted by Crippen LogP contribution is 2.56. The first-order valence-corrected chi connectivity index (χ1v) is 8.67. The minimum absolute atomic E-state index is 0.0806. The van der Waals surface area contributed by atoms with Gasteiger partial charge in [-0.1, -0.05) is 36.4 Å². The molecule has 3 aliphatic rings. The highest BCUT2D eigenvalue weighted by molar-refractivity contribution is 6.03. The number of nitrogens with zero attached hydrogens (tertiary/aromatic N) is 1. The lowest BCUT2D eigenvalue weighted by molar-refractivity contribution is -0.151. The molecule has 0 N–H and O–H groups in total. The molecular formula is C20H21NO4. The quantitative estimate of drug-likeness (QED) is 0.611. The molecule has 2 saturated heterocycles. The molecular weight excluding hydrogens is 318 g/mol. The van der Waals surface area contributed by atoms with Crippen molar-refractivity contribution in [3.8, 4) is 0 Å². The van der Waals surface area contributed by atoms with Crippen molar-refractivity contribution in [2.24, 2.45) is 11.8 Å². The fourth-order valence-electron chi connectivity index (χ4n) is 4.50. The molecule has 0 radical (unpaired) electrons. The van der Waals surface area contributed by atoms with Crippen molar-refractivity contribution in [2.75, 3.05) is 11.5 Å². The molecule has 3 heterocycles. The summed E-state index contributed by atoms with van der Waals surface area (Å²) in [5, 5.41) is 0. The number of carbonyl (C=O) groups excluding carboxylic acids is 2. The van der Waals surface area contributed by atoms with Crippen LogP contribution in [-0.2, 0) is 19.1 Å². The summed E-state index contributed by atoms with van der Waals surface area (Å²) in [7, 11) is 0. The third kappa shape index (κ3) is 2.12. The van der Waals surface area contributed by atoms with Crippen molar-refractivity contribution < 1.29 is 19.1 Å². The average molecular weight is 339 g/mol. The third-order valence-electron chi connectivity index (χ3n) is 5.40. The predicted octanol–water partition coefficient (Wildman–Crippen LogP) is 2.48. The lowest BCUT2D eigenvalue weighted by atomic mass is 9.74. The molecule has 3 aliphatic heterocycles. The van der Waals surface area contributed by atoms with Crippen molar-refractivity contribution in [1.82, 2.24) is 0 Å². The first-order chi connectivity index (χ1) is 12.1. The normalized spacial score (nSPS) is 35.1. The van der Waals surface area contributed by atoms with E-state index in [4.69, 9.17) is 9.47 Å². The summed E-state index contributed by atoms with van der Waals surface area (Å²) in [4.78, 5) is 27.6. The number of anilines is 1. The molecule has 130 valence electrons. The molecule has 0 aliphatic carbocycles. The second kappa shape index (κ2) is 5.85. The zero-order valence-corrected chi connectivity index (χ0v) is 14.1. The van der Waals surface area contributed by atoms with Gasteiger partial charge in [-0.15, -0.1) is 6.58 Å². The van der Waals surface area contributed by atoms with E-state index in [1.165, 1.54) is 0 Å². The number of esters is 1. The van der Waals surface area contributed by atoms with E-state index < -0.39 is 23.5 Å². The highest BCUT2D eigenvalue weighted by Gasteiger charge is 2.71. The molecule has 5 atom stereocenters. The van der Waals surface area contributed by atoms with Crippen molar-refractivity contribution >= 4 is 17.6 Å². The number of amides is 1. The Kier molecular flexibility index (Phi) is 3.76. The number of carbonyl (C=O) groups is 2. The summed E-state index contributed by atoms with van der Waals surface area (Å²) < 4.78 is 11.5. The van der Waals surface area contributed by atoms with Crippen molar-refractivity contribution in [3.63, 3.8) is 0 Å². The van der Waals surface area contributed by atoms with Crippen LogP contribution >= 0.6 is 0 Å². The lowest BCUT2D eigenvalue weighted by Gasteiger charge is -2.32. The van der Waals surface area contributed by atoms with Gasteiger partial charge in [0.15, 0.2) is 0 Å². The summed E-state index contributed by atoms with van der Waals surface area (Å²) >= 11 is 0. The number of hydrogen-bond acceptors (Lipinski definition) is 4. The molecule has 1 aromatic carbocycles. The monoisotopic (exact) mass is 339 g/mol. The number of benzene rings is 1. The zero-order chi connectivity index (χ0) is 17.6. The number of hydrogen-bond donors (Lipinski definition) is 0. The van der Waals surface area contributed by atoms with E-state index in [2.05, 4.69) is 6.58 Å². The smallest absolute Gasteiger partial charge is 0.312 e. The largest absolute Gasteiger partial charge is 0.466 e. The summed E-state index contributed by atoms with van der Waals surface area (Å²) in [5.74, 6) is -1.57. The van der Waals surface area contributed by atoms with E-state index in [1.54, 1.807) is 17.9 Å². The topological polar surface area (TPSA) is 55.8 Å². The van der Waals surface area contributed by atoms with E-state index in [0.717, 1.165) is 5.69 Å². The Morgan fingerprint density at radius 3 is 2.84 bits per heavy atom. The minimum atomic E-state index is -0.788. The number of fused-ring (bicyclic) bond motifs is 1. The Morgan fingerprint density at radius 1 is 1.40 bits per heavy atom. The SMILES string of the molecule is C=CC[C@@H]1N(c2ccccc2)C(=O)[C@H]2[C@@H](C(=O)OCC)[C@H]3C=C[C@@]12O3.